The summed E-state index contributed by atoms with van der Waals surface area (Å²) in [6.07, 6.45) is 5.78. The molecule has 0 spiro atoms. The third-order valence-corrected chi connectivity index (χ3v) is 9.13. The molecule has 0 aromatic heterocycles. The van der Waals surface area contributed by atoms with Gasteiger partial charge in [0.15, 0.2) is 0 Å². The maximum Gasteiger partial charge on any atom is 0.0159 e. The van der Waals surface area contributed by atoms with Crippen molar-refractivity contribution in [3.8, 4) is 11.1 Å². The molecule has 0 unspecified atom stereocenters. The van der Waals surface area contributed by atoms with E-state index in [1.54, 1.807) is 0 Å². The standard InChI is InChI=1S/C38H34/c1-24(30-20-28-17-16-26-12-9-13-32-35(26)36(28)34(22-30)38(32,4)5)14-15-29-23-37(2,3)33-21-27(18-19-31(29)33)25-10-7-6-8-11-25/h6-22H,23H2,1-5H3. The molecule has 0 amide bonds. The minimum Gasteiger partial charge on any atom is -0.0622 e. The molecule has 186 valence electrons. The summed E-state index contributed by atoms with van der Waals surface area (Å²) in [7, 11) is 0. The molecule has 0 saturated carbocycles. The van der Waals surface area contributed by atoms with Crippen molar-refractivity contribution < 1.29 is 0 Å². The lowest BCUT2D eigenvalue weighted by molar-refractivity contribution is 0.563. The van der Waals surface area contributed by atoms with Crippen LogP contribution in [0.15, 0.2) is 103 Å². The van der Waals surface area contributed by atoms with Crippen molar-refractivity contribution >= 4 is 32.7 Å². The zero-order valence-corrected chi connectivity index (χ0v) is 23.0. The number of fused-ring (bicyclic) bond motifs is 1. The zero-order chi connectivity index (χ0) is 26.2. The Kier molecular flexibility index (Phi) is 4.92. The van der Waals surface area contributed by atoms with Gasteiger partial charge in [-0.05, 0) is 109 Å². The quantitative estimate of drug-likeness (QED) is 0.221. The van der Waals surface area contributed by atoms with Crippen molar-refractivity contribution in [3.05, 3.63) is 131 Å². The van der Waals surface area contributed by atoms with Gasteiger partial charge in [-0.25, -0.2) is 0 Å². The van der Waals surface area contributed by atoms with E-state index in [9.17, 15) is 0 Å². The van der Waals surface area contributed by atoms with Gasteiger partial charge in [-0.2, -0.15) is 0 Å². The highest BCUT2D eigenvalue weighted by molar-refractivity contribution is 6.15. The van der Waals surface area contributed by atoms with Gasteiger partial charge in [0, 0.05) is 5.41 Å². The molecule has 5 aromatic carbocycles. The molecule has 0 nitrogen and oxygen atoms in total. The summed E-state index contributed by atoms with van der Waals surface area (Å²) >= 11 is 0. The number of allylic oxidation sites excluding steroid dienone is 4. The molecule has 2 aliphatic rings. The molecule has 0 heterocycles. The second-order valence-corrected chi connectivity index (χ2v) is 12.4. The summed E-state index contributed by atoms with van der Waals surface area (Å²) < 4.78 is 0. The Labute approximate surface area is 226 Å². The highest BCUT2D eigenvalue weighted by atomic mass is 14.4. The van der Waals surface area contributed by atoms with Gasteiger partial charge < -0.3 is 0 Å². The van der Waals surface area contributed by atoms with Gasteiger partial charge in [0.05, 0.1) is 0 Å². The lowest BCUT2D eigenvalue weighted by Gasteiger charge is -2.22. The molecular formula is C38H34. The fraction of sp³-hybridized carbons (Fsp3) is 0.211. The zero-order valence-electron chi connectivity index (χ0n) is 23.0. The first kappa shape index (κ1) is 23.2. The Morgan fingerprint density at radius 2 is 1.42 bits per heavy atom. The minimum atomic E-state index is 0.0150. The molecule has 7 rings (SSSR count). The van der Waals surface area contributed by atoms with Crippen LogP contribution in [-0.2, 0) is 10.8 Å². The molecule has 0 aliphatic heterocycles. The number of hydrogen-bond donors (Lipinski definition) is 0. The Hall–Kier alpha value is -3.90. The summed E-state index contributed by atoms with van der Waals surface area (Å²) in [5, 5.41) is 5.59. The molecule has 2 aliphatic carbocycles. The van der Waals surface area contributed by atoms with Gasteiger partial charge in [0.25, 0.3) is 0 Å². The Balaban J connectivity index is 1.29. The van der Waals surface area contributed by atoms with Gasteiger partial charge in [0.1, 0.15) is 0 Å². The normalized spacial score (nSPS) is 18.1. The van der Waals surface area contributed by atoms with E-state index in [4.69, 9.17) is 0 Å². The first-order chi connectivity index (χ1) is 18.2. The molecular weight excluding hydrogens is 456 g/mol. The lowest BCUT2D eigenvalue weighted by atomic mass is 9.81. The van der Waals surface area contributed by atoms with Crippen LogP contribution in [0.3, 0.4) is 0 Å². The molecule has 0 atom stereocenters. The Bertz CT molecular complexity index is 1820. The predicted molar refractivity (Wildman–Crippen MR) is 165 cm³/mol. The van der Waals surface area contributed by atoms with Crippen LogP contribution in [0.25, 0.3) is 43.8 Å². The summed E-state index contributed by atoms with van der Waals surface area (Å²) in [4.78, 5) is 0. The fourth-order valence-electron chi connectivity index (χ4n) is 6.96. The SMILES string of the molecule is CC(=CC=C1CC(C)(C)c2cc(-c3ccccc3)ccc21)c1cc2c3c(ccc4cccc(c43)C2(C)C)c1. The van der Waals surface area contributed by atoms with Gasteiger partial charge in [-0.3, -0.25) is 0 Å². The van der Waals surface area contributed by atoms with Gasteiger partial charge in [0.2, 0.25) is 0 Å². The number of rotatable bonds is 3. The first-order valence-electron chi connectivity index (χ1n) is 13.8. The Morgan fingerprint density at radius 3 is 2.24 bits per heavy atom. The lowest BCUT2D eigenvalue weighted by Crippen LogP contribution is -2.15. The monoisotopic (exact) mass is 490 g/mol. The highest BCUT2D eigenvalue weighted by Gasteiger charge is 2.35. The van der Waals surface area contributed by atoms with Gasteiger partial charge >= 0.3 is 0 Å². The van der Waals surface area contributed by atoms with E-state index in [1.165, 1.54) is 71.6 Å². The van der Waals surface area contributed by atoms with E-state index >= 15 is 0 Å². The van der Waals surface area contributed by atoms with Gasteiger partial charge in [-0.1, -0.05) is 113 Å². The summed E-state index contributed by atoms with van der Waals surface area (Å²) in [6, 6.07) is 34.0. The van der Waals surface area contributed by atoms with Crippen LogP contribution in [0.1, 0.15) is 68.9 Å². The molecule has 5 aromatic rings. The van der Waals surface area contributed by atoms with E-state index < -0.39 is 0 Å². The van der Waals surface area contributed by atoms with Crippen LogP contribution in [0.5, 0.6) is 0 Å². The van der Waals surface area contributed by atoms with E-state index in [-0.39, 0.29) is 10.8 Å². The number of hydrogen-bond acceptors (Lipinski definition) is 0. The van der Waals surface area contributed by atoms with Crippen molar-refractivity contribution in [3.63, 3.8) is 0 Å². The first-order valence-corrected chi connectivity index (χ1v) is 13.8. The van der Waals surface area contributed by atoms with E-state index in [0.717, 1.165) is 6.42 Å². The second kappa shape index (κ2) is 8.05. The molecule has 0 saturated heterocycles. The van der Waals surface area contributed by atoms with Crippen molar-refractivity contribution in [1.29, 1.82) is 0 Å². The fourth-order valence-corrected chi connectivity index (χ4v) is 6.96. The molecule has 38 heavy (non-hydrogen) atoms. The van der Waals surface area contributed by atoms with Crippen molar-refractivity contribution in [2.75, 3.05) is 0 Å². The van der Waals surface area contributed by atoms with E-state index in [0.29, 0.717) is 0 Å². The van der Waals surface area contributed by atoms with Crippen molar-refractivity contribution in [2.24, 2.45) is 0 Å². The van der Waals surface area contributed by atoms with Crippen LogP contribution in [0.2, 0.25) is 0 Å². The molecule has 0 heteroatoms. The minimum absolute atomic E-state index is 0.0150. The molecule has 0 N–H and O–H groups in total. The van der Waals surface area contributed by atoms with Crippen molar-refractivity contribution in [1.82, 2.24) is 0 Å². The average molecular weight is 491 g/mol. The molecule has 0 radical (unpaired) electrons. The molecule has 0 fully saturated rings. The summed E-state index contributed by atoms with van der Waals surface area (Å²) in [5.41, 5.74) is 12.6. The van der Waals surface area contributed by atoms with Crippen LogP contribution in [0, 0.1) is 0 Å². The highest BCUT2D eigenvalue weighted by Crippen LogP contribution is 2.50. The average Bonchev–Trinajstić information content (AvgIpc) is 3.33. The van der Waals surface area contributed by atoms with E-state index in [2.05, 4.69) is 138 Å². The summed E-state index contributed by atoms with van der Waals surface area (Å²) in [5.74, 6) is 0. The molecule has 0 bridgehead atoms. The topological polar surface area (TPSA) is 0 Å². The van der Waals surface area contributed by atoms with Crippen LogP contribution < -0.4 is 0 Å². The van der Waals surface area contributed by atoms with Crippen molar-refractivity contribution in [2.45, 2.75) is 51.9 Å². The van der Waals surface area contributed by atoms with Crippen LogP contribution in [-0.4, -0.2) is 0 Å². The largest absolute Gasteiger partial charge is 0.0622 e. The van der Waals surface area contributed by atoms with Gasteiger partial charge in [-0.15, -0.1) is 0 Å². The predicted octanol–water partition coefficient (Wildman–Crippen LogP) is 10.5. The smallest absolute Gasteiger partial charge is 0.0159 e. The third-order valence-electron chi connectivity index (χ3n) is 9.13. The summed E-state index contributed by atoms with van der Waals surface area (Å²) in [6.45, 7) is 11.8. The maximum absolute atomic E-state index is 2.45. The van der Waals surface area contributed by atoms with Crippen LogP contribution >= 0.6 is 0 Å². The number of benzene rings is 5. The maximum atomic E-state index is 2.45. The van der Waals surface area contributed by atoms with E-state index in [1.807, 2.05) is 0 Å². The third kappa shape index (κ3) is 3.36. The Morgan fingerprint density at radius 1 is 0.658 bits per heavy atom. The van der Waals surface area contributed by atoms with Crippen LogP contribution in [0.4, 0.5) is 0 Å². The second-order valence-electron chi connectivity index (χ2n) is 12.4.